The van der Waals surface area contributed by atoms with Gasteiger partial charge in [0.15, 0.2) is 11.9 Å². The Balaban J connectivity index is 2.01. The first-order chi connectivity index (χ1) is 10.0. The third kappa shape index (κ3) is 4.52. The van der Waals surface area contributed by atoms with Crippen LogP contribution in [-0.2, 0) is 30.3 Å². The van der Waals surface area contributed by atoms with E-state index < -0.39 is 24.0 Å². The number of rotatable bonds is 6. The number of esters is 1. The van der Waals surface area contributed by atoms with Gasteiger partial charge >= 0.3 is 5.97 Å². The van der Waals surface area contributed by atoms with E-state index >= 15 is 0 Å². The molecule has 5 heteroatoms. The predicted octanol–water partition coefficient (Wildman–Crippen LogP) is 2.29. The van der Waals surface area contributed by atoms with Crippen molar-refractivity contribution in [1.29, 1.82) is 0 Å². The zero-order valence-corrected chi connectivity index (χ0v) is 12.7. The summed E-state index contributed by atoms with van der Waals surface area (Å²) in [6, 6.07) is 9.67. The molecule has 0 bridgehead atoms. The molecule has 1 aliphatic rings. The molecule has 2 unspecified atom stereocenters. The largest absolute Gasteiger partial charge is 0.464 e. The lowest BCUT2D eigenvalue weighted by Crippen LogP contribution is -2.40. The van der Waals surface area contributed by atoms with E-state index in [1.807, 2.05) is 44.2 Å². The molecule has 1 fully saturated rings. The minimum atomic E-state index is -0.785. The van der Waals surface area contributed by atoms with E-state index in [9.17, 15) is 4.79 Å². The normalized spacial score (nSPS) is 22.0. The highest BCUT2D eigenvalue weighted by atomic mass is 16.8. The molecule has 2 atom stereocenters. The summed E-state index contributed by atoms with van der Waals surface area (Å²) in [6.07, 6.45) is -1.24. The summed E-state index contributed by atoms with van der Waals surface area (Å²) in [7, 11) is 0. The standard InChI is InChI=1S/C16H22O5/c1-4-18-15(17)14(13-11-20-16(2,3)21-13)19-10-12-8-6-5-7-9-12/h5-9,13-14H,4,10-11H2,1-3H3. The van der Waals surface area contributed by atoms with Crippen molar-refractivity contribution in [3.8, 4) is 0 Å². The highest BCUT2D eigenvalue weighted by molar-refractivity contribution is 5.75. The Morgan fingerprint density at radius 1 is 1.38 bits per heavy atom. The van der Waals surface area contributed by atoms with Crippen LogP contribution in [0, 0.1) is 0 Å². The van der Waals surface area contributed by atoms with E-state index in [0.29, 0.717) is 19.8 Å². The number of hydrogen-bond acceptors (Lipinski definition) is 5. The van der Waals surface area contributed by atoms with Crippen molar-refractivity contribution >= 4 is 5.97 Å². The van der Waals surface area contributed by atoms with Crippen LogP contribution >= 0.6 is 0 Å². The van der Waals surface area contributed by atoms with Gasteiger partial charge < -0.3 is 18.9 Å². The summed E-state index contributed by atoms with van der Waals surface area (Å²) in [6.45, 7) is 6.33. The number of hydrogen-bond donors (Lipinski definition) is 0. The molecule has 0 amide bonds. The fraction of sp³-hybridized carbons (Fsp3) is 0.562. The van der Waals surface area contributed by atoms with Gasteiger partial charge in [-0.05, 0) is 26.3 Å². The summed E-state index contributed by atoms with van der Waals surface area (Å²) in [4.78, 5) is 12.1. The summed E-state index contributed by atoms with van der Waals surface area (Å²) in [5.74, 6) is -1.12. The molecule has 0 saturated carbocycles. The van der Waals surface area contributed by atoms with Crippen LogP contribution in [0.2, 0.25) is 0 Å². The van der Waals surface area contributed by atoms with Crippen molar-refractivity contribution in [3.63, 3.8) is 0 Å². The van der Waals surface area contributed by atoms with Gasteiger partial charge in [0.25, 0.3) is 0 Å². The van der Waals surface area contributed by atoms with E-state index in [0.717, 1.165) is 5.56 Å². The van der Waals surface area contributed by atoms with Crippen molar-refractivity contribution in [2.45, 2.75) is 45.4 Å². The lowest BCUT2D eigenvalue weighted by Gasteiger charge is -2.23. The zero-order chi connectivity index (χ0) is 15.3. The third-order valence-electron chi connectivity index (χ3n) is 3.16. The first kappa shape index (κ1) is 15.9. The van der Waals surface area contributed by atoms with Crippen molar-refractivity contribution in [3.05, 3.63) is 35.9 Å². The minimum absolute atomic E-state index is 0.307. The van der Waals surface area contributed by atoms with Gasteiger partial charge in [0, 0.05) is 0 Å². The molecule has 0 radical (unpaired) electrons. The topological polar surface area (TPSA) is 54.0 Å². The Kier molecular flexibility index (Phi) is 5.33. The van der Waals surface area contributed by atoms with Gasteiger partial charge in [-0.25, -0.2) is 4.79 Å². The van der Waals surface area contributed by atoms with Crippen LogP contribution in [-0.4, -0.2) is 37.2 Å². The lowest BCUT2D eigenvalue weighted by molar-refractivity contribution is -0.180. The van der Waals surface area contributed by atoms with Crippen molar-refractivity contribution in [2.24, 2.45) is 0 Å². The molecule has 0 aromatic heterocycles. The first-order valence-corrected chi connectivity index (χ1v) is 7.16. The summed E-state index contributed by atoms with van der Waals surface area (Å²) in [5, 5.41) is 0. The predicted molar refractivity (Wildman–Crippen MR) is 76.6 cm³/mol. The number of benzene rings is 1. The van der Waals surface area contributed by atoms with Crippen molar-refractivity contribution in [1.82, 2.24) is 0 Å². The van der Waals surface area contributed by atoms with Crippen molar-refractivity contribution < 1.29 is 23.7 Å². The Morgan fingerprint density at radius 3 is 2.67 bits per heavy atom. The Hall–Kier alpha value is -1.43. The molecule has 1 aromatic carbocycles. The van der Waals surface area contributed by atoms with Gasteiger partial charge in [0.2, 0.25) is 0 Å². The molecule has 5 nitrogen and oxygen atoms in total. The molecule has 1 heterocycles. The average Bonchev–Trinajstić information content (AvgIpc) is 2.81. The second-order valence-electron chi connectivity index (χ2n) is 5.34. The molecule has 21 heavy (non-hydrogen) atoms. The molecule has 0 N–H and O–H groups in total. The average molecular weight is 294 g/mol. The van der Waals surface area contributed by atoms with E-state index in [2.05, 4.69) is 0 Å². The highest BCUT2D eigenvalue weighted by Gasteiger charge is 2.41. The molecule has 1 aliphatic heterocycles. The van der Waals surface area contributed by atoms with Crippen LogP contribution < -0.4 is 0 Å². The summed E-state index contributed by atoms with van der Waals surface area (Å²) in [5.41, 5.74) is 0.991. The second kappa shape index (κ2) is 7.02. The fourth-order valence-corrected chi connectivity index (χ4v) is 2.18. The maximum absolute atomic E-state index is 12.1. The molecule has 2 rings (SSSR count). The Bertz CT molecular complexity index is 457. The van der Waals surface area contributed by atoms with E-state index in [1.54, 1.807) is 6.92 Å². The monoisotopic (exact) mass is 294 g/mol. The first-order valence-electron chi connectivity index (χ1n) is 7.16. The number of carbonyl (C=O) groups excluding carboxylic acids is 1. The molecule has 1 saturated heterocycles. The molecular weight excluding hydrogens is 272 g/mol. The summed E-state index contributed by atoms with van der Waals surface area (Å²) < 4.78 is 22.0. The van der Waals surface area contributed by atoms with Crippen molar-refractivity contribution in [2.75, 3.05) is 13.2 Å². The second-order valence-corrected chi connectivity index (χ2v) is 5.34. The molecule has 116 valence electrons. The van der Waals surface area contributed by atoms with Crippen LogP contribution in [0.1, 0.15) is 26.3 Å². The quantitative estimate of drug-likeness (QED) is 0.753. The van der Waals surface area contributed by atoms with Gasteiger partial charge in [0.1, 0.15) is 6.10 Å². The SMILES string of the molecule is CCOC(=O)C(OCc1ccccc1)C1COC(C)(C)O1. The van der Waals surface area contributed by atoms with E-state index in [4.69, 9.17) is 18.9 Å². The molecule has 1 aromatic rings. The minimum Gasteiger partial charge on any atom is -0.464 e. The fourth-order valence-electron chi connectivity index (χ4n) is 2.18. The number of carbonyl (C=O) groups is 1. The third-order valence-corrected chi connectivity index (χ3v) is 3.16. The Labute approximate surface area is 125 Å². The van der Waals surface area contributed by atoms with Crippen LogP contribution in [0.3, 0.4) is 0 Å². The van der Waals surface area contributed by atoms with Gasteiger partial charge in [-0.15, -0.1) is 0 Å². The molecule has 0 aliphatic carbocycles. The molecule has 0 spiro atoms. The van der Waals surface area contributed by atoms with Gasteiger partial charge in [-0.3, -0.25) is 0 Å². The van der Waals surface area contributed by atoms with E-state index in [1.165, 1.54) is 0 Å². The number of ether oxygens (including phenoxy) is 4. The smallest absolute Gasteiger partial charge is 0.338 e. The van der Waals surface area contributed by atoms with Gasteiger partial charge in [0.05, 0.1) is 19.8 Å². The maximum atomic E-state index is 12.1. The van der Waals surface area contributed by atoms with Gasteiger partial charge in [-0.2, -0.15) is 0 Å². The maximum Gasteiger partial charge on any atom is 0.338 e. The van der Waals surface area contributed by atoms with E-state index in [-0.39, 0.29) is 0 Å². The van der Waals surface area contributed by atoms with Crippen LogP contribution in [0.5, 0.6) is 0 Å². The Morgan fingerprint density at radius 2 is 2.10 bits per heavy atom. The lowest BCUT2D eigenvalue weighted by atomic mass is 10.2. The van der Waals surface area contributed by atoms with Gasteiger partial charge in [-0.1, -0.05) is 30.3 Å². The van der Waals surface area contributed by atoms with Crippen LogP contribution in [0.15, 0.2) is 30.3 Å². The van der Waals surface area contributed by atoms with Crippen LogP contribution in [0.25, 0.3) is 0 Å². The molecular formula is C16H22O5. The van der Waals surface area contributed by atoms with Crippen LogP contribution in [0.4, 0.5) is 0 Å². The summed E-state index contributed by atoms with van der Waals surface area (Å²) >= 11 is 0. The highest BCUT2D eigenvalue weighted by Crippen LogP contribution is 2.26. The zero-order valence-electron chi connectivity index (χ0n) is 12.7.